The number of methoxy groups -OCH3 is 2. The quantitative estimate of drug-likeness (QED) is 0.868. The van der Waals surface area contributed by atoms with E-state index in [-0.39, 0.29) is 0 Å². The molecular formula is C14H21NO2. The summed E-state index contributed by atoms with van der Waals surface area (Å²) in [4.78, 5) is 0. The molecule has 1 unspecified atom stereocenters. The molecule has 94 valence electrons. The van der Waals surface area contributed by atoms with Crippen molar-refractivity contribution in [2.24, 2.45) is 0 Å². The molecule has 0 aliphatic carbocycles. The summed E-state index contributed by atoms with van der Waals surface area (Å²) in [6.07, 6.45) is 2.47. The van der Waals surface area contributed by atoms with Crippen molar-refractivity contribution in [2.45, 2.75) is 25.4 Å². The number of hydrogen-bond acceptors (Lipinski definition) is 3. The maximum absolute atomic E-state index is 5.57. The van der Waals surface area contributed by atoms with Crippen LogP contribution in [0, 0.1) is 0 Å². The molecule has 0 saturated carbocycles. The van der Waals surface area contributed by atoms with Crippen LogP contribution in [0.15, 0.2) is 18.2 Å². The first-order chi connectivity index (χ1) is 8.36. The third-order valence-electron chi connectivity index (χ3n) is 3.37. The minimum absolute atomic E-state index is 0.565. The summed E-state index contributed by atoms with van der Waals surface area (Å²) in [5.74, 6) is 1.57. The van der Waals surface area contributed by atoms with E-state index in [0.29, 0.717) is 12.5 Å². The fraction of sp³-hybridized carbons (Fsp3) is 0.571. The summed E-state index contributed by atoms with van der Waals surface area (Å²) in [5.41, 5.74) is 2.45. The maximum atomic E-state index is 5.57. The molecule has 1 atom stereocenters. The van der Waals surface area contributed by atoms with E-state index in [9.17, 15) is 0 Å². The van der Waals surface area contributed by atoms with E-state index in [0.717, 1.165) is 24.4 Å². The second-order valence-corrected chi connectivity index (χ2v) is 4.52. The van der Waals surface area contributed by atoms with Crippen LogP contribution in [0.3, 0.4) is 0 Å². The van der Waals surface area contributed by atoms with Crippen LogP contribution in [-0.2, 0) is 11.3 Å². The number of rotatable bonds is 4. The Balaban J connectivity index is 2.28. The van der Waals surface area contributed by atoms with Gasteiger partial charge in [0.1, 0.15) is 5.75 Å². The zero-order valence-corrected chi connectivity index (χ0v) is 10.7. The third kappa shape index (κ3) is 2.79. The second kappa shape index (κ2) is 6.03. The topological polar surface area (TPSA) is 30.5 Å². The zero-order valence-electron chi connectivity index (χ0n) is 10.7. The van der Waals surface area contributed by atoms with Gasteiger partial charge in [0.05, 0.1) is 13.7 Å². The fourth-order valence-corrected chi connectivity index (χ4v) is 2.56. The predicted molar refractivity (Wildman–Crippen MR) is 68.6 cm³/mol. The molecule has 17 heavy (non-hydrogen) atoms. The molecule has 2 rings (SSSR count). The van der Waals surface area contributed by atoms with Gasteiger partial charge in [0.2, 0.25) is 0 Å². The molecule has 0 bridgehead atoms. The highest BCUT2D eigenvalue weighted by molar-refractivity contribution is 5.43. The van der Waals surface area contributed by atoms with Gasteiger partial charge < -0.3 is 14.8 Å². The molecule has 0 amide bonds. The lowest BCUT2D eigenvalue weighted by Crippen LogP contribution is -2.28. The predicted octanol–water partition coefficient (Wildman–Crippen LogP) is 2.31. The Labute approximate surface area is 103 Å². The first-order valence-corrected chi connectivity index (χ1v) is 6.22. The second-order valence-electron chi connectivity index (χ2n) is 4.52. The lowest BCUT2D eigenvalue weighted by Gasteiger charge is -2.25. The highest BCUT2D eigenvalue weighted by Gasteiger charge is 2.20. The van der Waals surface area contributed by atoms with Crippen LogP contribution >= 0.6 is 0 Å². The van der Waals surface area contributed by atoms with Gasteiger partial charge in [0.25, 0.3) is 0 Å². The molecule has 1 aromatic carbocycles. The van der Waals surface area contributed by atoms with Crippen LogP contribution in [0.1, 0.15) is 29.9 Å². The lowest BCUT2D eigenvalue weighted by molar-refractivity contribution is 0.181. The molecule has 1 heterocycles. The zero-order chi connectivity index (χ0) is 12.1. The molecule has 1 aliphatic heterocycles. The van der Waals surface area contributed by atoms with E-state index in [1.165, 1.54) is 18.4 Å². The van der Waals surface area contributed by atoms with Gasteiger partial charge in [-0.05, 0) is 24.9 Å². The van der Waals surface area contributed by atoms with E-state index in [4.69, 9.17) is 9.47 Å². The summed E-state index contributed by atoms with van der Waals surface area (Å²) in [6, 6.07) is 6.35. The summed E-state index contributed by atoms with van der Waals surface area (Å²) in [6.45, 7) is 2.79. The van der Waals surface area contributed by atoms with E-state index in [2.05, 4.69) is 23.5 Å². The highest BCUT2D eigenvalue weighted by atomic mass is 16.5. The van der Waals surface area contributed by atoms with Crippen LogP contribution in [-0.4, -0.2) is 27.3 Å². The monoisotopic (exact) mass is 235 g/mol. The number of nitrogens with one attached hydrogen (secondary N) is 1. The van der Waals surface area contributed by atoms with Crippen molar-refractivity contribution in [1.29, 1.82) is 0 Å². The summed E-state index contributed by atoms with van der Waals surface area (Å²) in [5, 5.41) is 3.45. The lowest BCUT2D eigenvalue weighted by atomic mass is 9.90. The number of hydrogen-bond donors (Lipinski definition) is 1. The molecule has 3 nitrogen and oxygen atoms in total. The van der Waals surface area contributed by atoms with Crippen LogP contribution in [0.5, 0.6) is 5.75 Å². The average Bonchev–Trinajstić information content (AvgIpc) is 2.40. The van der Waals surface area contributed by atoms with Crippen LogP contribution in [0.2, 0.25) is 0 Å². The molecule has 1 aliphatic rings. The van der Waals surface area contributed by atoms with E-state index in [1.54, 1.807) is 14.2 Å². The Bertz CT molecular complexity index is 359. The molecule has 1 aromatic rings. The smallest absolute Gasteiger partial charge is 0.127 e. The Kier molecular flexibility index (Phi) is 4.40. The first-order valence-electron chi connectivity index (χ1n) is 6.22. The van der Waals surface area contributed by atoms with Gasteiger partial charge in [-0.3, -0.25) is 0 Å². The van der Waals surface area contributed by atoms with Crippen molar-refractivity contribution in [3.63, 3.8) is 0 Å². The van der Waals surface area contributed by atoms with E-state index in [1.807, 2.05) is 0 Å². The van der Waals surface area contributed by atoms with Crippen LogP contribution in [0.4, 0.5) is 0 Å². The molecule has 0 aromatic heterocycles. The van der Waals surface area contributed by atoms with Crippen molar-refractivity contribution in [3.05, 3.63) is 29.3 Å². The summed E-state index contributed by atoms with van der Waals surface area (Å²) < 4.78 is 10.8. The number of piperidine rings is 1. The largest absolute Gasteiger partial charge is 0.496 e. The summed E-state index contributed by atoms with van der Waals surface area (Å²) >= 11 is 0. The van der Waals surface area contributed by atoms with Crippen molar-refractivity contribution < 1.29 is 9.47 Å². The Hall–Kier alpha value is -1.06. The van der Waals surface area contributed by atoms with Crippen LogP contribution < -0.4 is 10.1 Å². The Morgan fingerprint density at radius 1 is 1.35 bits per heavy atom. The van der Waals surface area contributed by atoms with Crippen molar-refractivity contribution in [1.82, 2.24) is 5.32 Å². The van der Waals surface area contributed by atoms with E-state index >= 15 is 0 Å². The number of benzene rings is 1. The van der Waals surface area contributed by atoms with Gasteiger partial charge in [0.15, 0.2) is 0 Å². The van der Waals surface area contributed by atoms with E-state index < -0.39 is 0 Å². The Morgan fingerprint density at radius 2 is 2.24 bits per heavy atom. The molecular weight excluding hydrogens is 214 g/mol. The van der Waals surface area contributed by atoms with Gasteiger partial charge >= 0.3 is 0 Å². The maximum Gasteiger partial charge on any atom is 0.127 e. The van der Waals surface area contributed by atoms with Gasteiger partial charge in [0, 0.05) is 25.1 Å². The molecule has 1 fully saturated rings. The minimum atomic E-state index is 0.565. The highest BCUT2D eigenvalue weighted by Crippen LogP contribution is 2.33. The van der Waals surface area contributed by atoms with Gasteiger partial charge in [-0.1, -0.05) is 18.2 Å². The average molecular weight is 235 g/mol. The Morgan fingerprint density at radius 3 is 2.88 bits per heavy atom. The molecule has 0 spiro atoms. The number of ether oxygens (including phenoxy) is 2. The molecule has 1 N–H and O–H groups in total. The SMILES string of the molecule is COCc1cccc(C2CCCNC2)c1OC. The van der Waals surface area contributed by atoms with Crippen molar-refractivity contribution >= 4 is 0 Å². The third-order valence-corrected chi connectivity index (χ3v) is 3.37. The molecule has 0 radical (unpaired) electrons. The first kappa shape index (κ1) is 12.4. The summed E-state index contributed by atoms with van der Waals surface area (Å²) in [7, 11) is 3.46. The standard InChI is InChI=1S/C14H21NO2/c1-16-10-12-5-3-7-13(14(12)17-2)11-6-4-8-15-9-11/h3,5,7,11,15H,4,6,8-10H2,1-2H3. The number of para-hydroxylation sites is 1. The molecule has 1 saturated heterocycles. The van der Waals surface area contributed by atoms with Crippen molar-refractivity contribution in [3.8, 4) is 5.75 Å². The van der Waals surface area contributed by atoms with Gasteiger partial charge in [-0.2, -0.15) is 0 Å². The normalized spacial score (nSPS) is 20.2. The fourth-order valence-electron chi connectivity index (χ4n) is 2.56. The minimum Gasteiger partial charge on any atom is -0.496 e. The van der Waals surface area contributed by atoms with Gasteiger partial charge in [-0.15, -0.1) is 0 Å². The molecule has 3 heteroatoms. The van der Waals surface area contributed by atoms with Crippen molar-refractivity contribution in [2.75, 3.05) is 27.3 Å². The van der Waals surface area contributed by atoms with Crippen LogP contribution in [0.25, 0.3) is 0 Å². The van der Waals surface area contributed by atoms with Gasteiger partial charge in [-0.25, -0.2) is 0 Å².